The minimum atomic E-state index is -0.462. The number of nitrogens with zero attached hydrogens (tertiary/aromatic N) is 1. The zero-order chi connectivity index (χ0) is 13.0. The number of halogens is 1. The van der Waals surface area contributed by atoms with Gasteiger partial charge in [-0.25, -0.2) is 0 Å². The molecule has 0 heterocycles. The zero-order valence-electron chi connectivity index (χ0n) is 9.53. The molecule has 1 rings (SSSR count). The van der Waals surface area contributed by atoms with E-state index in [4.69, 9.17) is 0 Å². The van der Waals surface area contributed by atoms with Crippen LogP contribution in [0.25, 0.3) is 0 Å². The highest BCUT2D eigenvalue weighted by atomic mass is 127. The van der Waals surface area contributed by atoms with E-state index in [1.807, 2.05) is 22.6 Å². The predicted molar refractivity (Wildman–Crippen MR) is 71.9 cm³/mol. The summed E-state index contributed by atoms with van der Waals surface area (Å²) in [5.74, 6) is -0.764. The Morgan fingerprint density at radius 1 is 1.41 bits per heavy atom. The molecule has 0 unspecified atom stereocenters. The number of benzene rings is 1. The van der Waals surface area contributed by atoms with Crippen molar-refractivity contribution in [3.8, 4) is 5.75 Å². The molecule has 0 aliphatic heterocycles. The maximum absolute atomic E-state index is 11.7. The summed E-state index contributed by atoms with van der Waals surface area (Å²) >= 11 is 2.04. The lowest BCUT2D eigenvalue weighted by Crippen LogP contribution is -2.36. The molecule has 0 bridgehead atoms. The van der Waals surface area contributed by atoms with Crippen molar-refractivity contribution in [1.82, 2.24) is 10.2 Å². The second kappa shape index (κ2) is 5.85. The molecular weight excluding hydrogens is 335 g/mol. The maximum Gasteiger partial charge on any atom is 0.255 e. The number of hydrogen-bond acceptors (Lipinski definition) is 3. The van der Waals surface area contributed by atoms with Crippen LogP contribution in [0, 0.1) is 3.57 Å². The Kier molecular flexibility index (Phi) is 4.73. The Morgan fingerprint density at radius 2 is 2.06 bits per heavy atom. The van der Waals surface area contributed by atoms with Gasteiger partial charge in [0.1, 0.15) is 5.75 Å². The van der Waals surface area contributed by atoms with Crippen LogP contribution in [0.5, 0.6) is 5.75 Å². The highest BCUT2D eigenvalue weighted by Gasteiger charge is 2.13. The van der Waals surface area contributed by atoms with Crippen LogP contribution >= 0.6 is 22.6 Å². The highest BCUT2D eigenvalue weighted by Crippen LogP contribution is 2.19. The Balaban J connectivity index is 2.70. The maximum atomic E-state index is 11.7. The Hall–Kier alpha value is -1.31. The van der Waals surface area contributed by atoms with Crippen molar-refractivity contribution in [2.24, 2.45) is 0 Å². The topological polar surface area (TPSA) is 69.6 Å². The third-order valence-electron chi connectivity index (χ3n) is 2.10. The predicted octanol–water partition coefficient (Wildman–Crippen LogP) is 0.815. The van der Waals surface area contributed by atoms with Gasteiger partial charge in [0.25, 0.3) is 5.91 Å². The van der Waals surface area contributed by atoms with Gasteiger partial charge in [-0.1, -0.05) is 0 Å². The molecule has 1 aromatic carbocycles. The van der Waals surface area contributed by atoms with E-state index in [0.29, 0.717) is 0 Å². The van der Waals surface area contributed by atoms with Crippen molar-refractivity contribution in [2.75, 3.05) is 20.6 Å². The number of phenolic OH excluding ortho intramolecular Hbond substituents is 1. The Bertz CT molecular complexity index is 446. The summed E-state index contributed by atoms with van der Waals surface area (Å²) in [6.07, 6.45) is 0. The lowest BCUT2D eigenvalue weighted by molar-refractivity contribution is -0.127. The second-order valence-electron chi connectivity index (χ2n) is 3.63. The normalized spacial score (nSPS) is 9.82. The summed E-state index contributed by atoms with van der Waals surface area (Å²) in [5.41, 5.74) is 0.170. The van der Waals surface area contributed by atoms with Crippen molar-refractivity contribution in [1.29, 1.82) is 0 Å². The van der Waals surface area contributed by atoms with Crippen molar-refractivity contribution in [3.63, 3.8) is 0 Å². The molecule has 2 N–H and O–H groups in total. The molecule has 0 aliphatic rings. The van der Waals surface area contributed by atoms with Gasteiger partial charge >= 0.3 is 0 Å². The molecule has 0 aromatic heterocycles. The largest absolute Gasteiger partial charge is 0.507 e. The molecule has 2 amide bonds. The lowest BCUT2D eigenvalue weighted by Gasteiger charge is -2.11. The standard InChI is InChI=1S/C11H13IN2O3/c1-14(2)10(16)6-13-11(17)8-5-7(12)3-4-9(8)15/h3-5,15H,6H2,1-2H3,(H,13,17). The van der Waals surface area contributed by atoms with Crippen LogP contribution in [0.1, 0.15) is 10.4 Å². The van der Waals surface area contributed by atoms with Gasteiger partial charge in [0.15, 0.2) is 0 Å². The fraction of sp³-hybridized carbons (Fsp3) is 0.273. The molecule has 6 heteroatoms. The molecule has 0 saturated carbocycles. The smallest absolute Gasteiger partial charge is 0.255 e. The third kappa shape index (κ3) is 3.88. The summed E-state index contributed by atoms with van der Waals surface area (Å²) < 4.78 is 0.837. The molecule has 0 radical (unpaired) electrons. The van der Waals surface area contributed by atoms with Crippen LogP contribution in [0.3, 0.4) is 0 Å². The van der Waals surface area contributed by atoms with E-state index < -0.39 is 5.91 Å². The summed E-state index contributed by atoms with van der Waals surface area (Å²) in [6.45, 7) is -0.0866. The van der Waals surface area contributed by atoms with Gasteiger partial charge in [-0.2, -0.15) is 0 Å². The van der Waals surface area contributed by atoms with Crippen molar-refractivity contribution < 1.29 is 14.7 Å². The SMILES string of the molecule is CN(C)C(=O)CNC(=O)c1cc(I)ccc1O. The number of rotatable bonds is 3. The Labute approximate surface area is 113 Å². The zero-order valence-corrected chi connectivity index (χ0v) is 11.7. The van der Waals surface area contributed by atoms with E-state index in [1.54, 1.807) is 26.2 Å². The summed E-state index contributed by atoms with van der Waals surface area (Å²) in [4.78, 5) is 24.4. The number of carbonyl (C=O) groups is 2. The fourth-order valence-electron chi connectivity index (χ4n) is 1.10. The van der Waals surface area contributed by atoms with Crippen molar-refractivity contribution >= 4 is 34.4 Å². The van der Waals surface area contributed by atoms with Gasteiger partial charge in [0.05, 0.1) is 12.1 Å². The van der Waals surface area contributed by atoms with Gasteiger partial charge in [0, 0.05) is 17.7 Å². The van der Waals surface area contributed by atoms with Crippen molar-refractivity contribution in [3.05, 3.63) is 27.3 Å². The van der Waals surface area contributed by atoms with Gasteiger partial charge < -0.3 is 15.3 Å². The molecule has 0 spiro atoms. The van der Waals surface area contributed by atoms with Crippen LogP contribution in [-0.2, 0) is 4.79 Å². The van der Waals surface area contributed by atoms with E-state index >= 15 is 0 Å². The molecule has 0 saturated heterocycles. The lowest BCUT2D eigenvalue weighted by atomic mass is 10.2. The van der Waals surface area contributed by atoms with Crippen molar-refractivity contribution in [2.45, 2.75) is 0 Å². The summed E-state index contributed by atoms with van der Waals surface area (Å²) in [6, 6.07) is 4.70. The Morgan fingerprint density at radius 3 is 2.65 bits per heavy atom. The van der Waals surface area contributed by atoms with E-state index in [-0.39, 0.29) is 23.8 Å². The minimum absolute atomic E-state index is 0.0866. The number of likely N-dealkylation sites (N-methyl/N-ethyl adjacent to an activating group) is 1. The van der Waals surface area contributed by atoms with Crippen LogP contribution in [-0.4, -0.2) is 42.5 Å². The van der Waals surface area contributed by atoms with E-state index in [2.05, 4.69) is 5.32 Å². The molecule has 17 heavy (non-hydrogen) atoms. The van der Waals surface area contributed by atoms with Gasteiger partial charge in [-0.3, -0.25) is 9.59 Å². The molecule has 0 aliphatic carbocycles. The van der Waals surface area contributed by atoms with E-state index in [0.717, 1.165) is 3.57 Å². The van der Waals surface area contributed by atoms with Gasteiger partial charge in [-0.05, 0) is 40.8 Å². The molecule has 5 nitrogen and oxygen atoms in total. The van der Waals surface area contributed by atoms with Crippen LogP contribution < -0.4 is 5.32 Å². The number of phenols is 1. The van der Waals surface area contributed by atoms with Crippen LogP contribution in [0.2, 0.25) is 0 Å². The van der Waals surface area contributed by atoms with E-state index in [9.17, 15) is 14.7 Å². The first-order valence-corrected chi connectivity index (χ1v) is 5.96. The van der Waals surface area contributed by atoms with E-state index in [1.165, 1.54) is 11.0 Å². The van der Waals surface area contributed by atoms with Crippen LogP contribution in [0.15, 0.2) is 18.2 Å². The molecule has 92 valence electrons. The third-order valence-corrected chi connectivity index (χ3v) is 2.77. The fourth-order valence-corrected chi connectivity index (χ4v) is 1.59. The minimum Gasteiger partial charge on any atom is -0.507 e. The number of aromatic hydroxyl groups is 1. The molecule has 1 aromatic rings. The number of carbonyl (C=O) groups excluding carboxylic acids is 2. The number of nitrogens with one attached hydrogen (secondary N) is 1. The van der Waals surface area contributed by atoms with Gasteiger partial charge in [0.2, 0.25) is 5.91 Å². The highest BCUT2D eigenvalue weighted by molar-refractivity contribution is 14.1. The average molecular weight is 348 g/mol. The summed E-state index contributed by atoms with van der Waals surface area (Å²) in [5, 5.41) is 12.0. The van der Waals surface area contributed by atoms with Gasteiger partial charge in [-0.15, -0.1) is 0 Å². The molecule has 0 atom stereocenters. The second-order valence-corrected chi connectivity index (χ2v) is 4.88. The summed E-state index contributed by atoms with van der Waals surface area (Å²) in [7, 11) is 3.22. The molecular formula is C11H13IN2O3. The first-order valence-electron chi connectivity index (χ1n) is 4.88. The quantitative estimate of drug-likeness (QED) is 0.795. The first-order chi connectivity index (χ1) is 7.91. The number of hydrogen-bond donors (Lipinski definition) is 2. The monoisotopic (exact) mass is 348 g/mol. The number of amides is 2. The van der Waals surface area contributed by atoms with Crippen LogP contribution in [0.4, 0.5) is 0 Å². The molecule has 0 fully saturated rings. The average Bonchev–Trinajstić information content (AvgIpc) is 2.28. The first kappa shape index (κ1) is 13.8.